The number of rotatable bonds is 3. The minimum Gasteiger partial charge on any atom is -0.369 e. The average Bonchev–Trinajstić information content (AvgIpc) is 2.59. The second-order valence-electron chi connectivity index (χ2n) is 6.89. The third kappa shape index (κ3) is 3.76. The zero-order valence-corrected chi connectivity index (χ0v) is 14.8. The van der Waals surface area contributed by atoms with Gasteiger partial charge in [-0.05, 0) is 36.6 Å². The van der Waals surface area contributed by atoms with Gasteiger partial charge in [-0.1, -0.05) is 13.8 Å². The lowest BCUT2D eigenvalue weighted by molar-refractivity contribution is -0.136. The van der Waals surface area contributed by atoms with Gasteiger partial charge in [0.25, 0.3) is 0 Å². The van der Waals surface area contributed by atoms with Crippen molar-refractivity contribution in [2.45, 2.75) is 38.9 Å². The van der Waals surface area contributed by atoms with Crippen molar-refractivity contribution in [1.82, 2.24) is 10.3 Å². The molecule has 1 fully saturated rings. The van der Waals surface area contributed by atoms with Crippen LogP contribution >= 0.6 is 0 Å². The summed E-state index contributed by atoms with van der Waals surface area (Å²) in [6.45, 7) is 5.19. The highest BCUT2D eigenvalue weighted by atomic mass is 19.4. The molecule has 0 saturated carbocycles. The number of benzene rings is 1. The number of pyridine rings is 1. The van der Waals surface area contributed by atoms with E-state index in [0.717, 1.165) is 24.7 Å². The summed E-state index contributed by atoms with van der Waals surface area (Å²) in [5.41, 5.74) is -0.0361. The molecule has 1 aromatic carbocycles. The number of hydrogen-bond acceptors (Lipinski definition) is 3. The molecule has 0 bridgehead atoms. The van der Waals surface area contributed by atoms with E-state index in [1.54, 1.807) is 19.1 Å². The van der Waals surface area contributed by atoms with Gasteiger partial charge >= 0.3 is 6.18 Å². The van der Waals surface area contributed by atoms with E-state index >= 15 is 0 Å². The average molecular weight is 365 g/mol. The molecule has 3 rings (SSSR count). The Morgan fingerprint density at radius 2 is 2.08 bits per heavy atom. The number of fused-ring (bicyclic) bond motifs is 1. The molecule has 0 aliphatic carbocycles. The van der Waals surface area contributed by atoms with Gasteiger partial charge in [0.2, 0.25) is 5.91 Å². The van der Waals surface area contributed by atoms with E-state index in [1.807, 2.05) is 0 Å². The monoisotopic (exact) mass is 365 g/mol. The predicted octanol–water partition coefficient (Wildman–Crippen LogP) is 3.99. The lowest BCUT2D eigenvalue weighted by Crippen LogP contribution is -2.50. The zero-order valence-electron chi connectivity index (χ0n) is 14.8. The van der Waals surface area contributed by atoms with Crippen molar-refractivity contribution in [3.05, 3.63) is 36.0 Å². The lowest BCUT2D eigenvalue weighted by atomic mass is 9.94. The highest BCUT2D eigenvalue weighted by molar-refractivity contribution is 5.94. The molecular formula is C19H22F3N3O. The van der Waals surface area contributed by atoms with Crippen LogP contribution in [0.3, 0.4) is 0 Å². The number of alkyl halides is 3. The number of carbonyl (C=O) groups excluding carboxylic acids is 1. The molecule has 140 valence electrons. The fourth-order valence-electron chi connectivity index (χ4n) is 3.64. The summed E-state index contributed by atoms with van der Waals surface area (Å²) in [6.07, 6.45) is -1.79. The summed E-state index contributed by atoms with van der Waals surface area (Å²) in [6, 6.07) is 5.93. The molecule has 2 heterocycles. The Balaban J connectivity index is 1.98. The molecular weight excluding hydrogens is 343 g/mol. The van der Waals surface area contributed by atoms with Crippen LogP contribution in [0.1, 0.15) is 32.3 Å². The van der Waals surface area contributed by atoms with Crippen LogP contribution in [0.5, 0.6) is 0 Å². The second-order valence-corrected chi connectivity index (χ2v) is 6.89. The number of aromatic nitrogens is 1. The van der Waals surface area contributed by atoms with E-state index < -0.39 is 11.7 Å². The fourth-order valence-corrected chi connectivity index (χ4v) is 3.64. The molecule has 0 spiro atoms. The molecule has 1 aliphatic heterocycles. The van der Waals surface area contributed by atoms with Gasteiger partial charge in [-0.15, -0.1) is 0 Å². The number of piperidine rings is 1. The Morgan fingerprint density at radius 3 is 2.77 bits per heavy atom. The van der Waals surface area contributed by atoms with Crippen molar-refractivity contribution in [3.63, 3.8) is 0 Å². The number of anilines is 1. The van der Waals surface area contributed by atoms with E-state index in [2.05, 4.69) is 22.1 Å². The molecule has 1 aromatic heterocycles. The van der Waals surface area contributed by atoms with E-state index in [-0.39, 0.29) is 17.5 Å². The van der Waals surface area contributed by atoms with Gasteiger partial charge < -0.3 is 10.2 Å². The van der Waals surface area contributed by atoms with Crippen molar-refractivity contribution in [2.24, 2.45) is 5.92 Å². The van der Waals surface area contributed by atoms with E-state index in [4.69, 9.17) is 0 Å². The Labute approximate surface area is 150 Å². The van der Waals surface area contributed by atoms with Crippen molar-refractivity contribution < 1.29 is 18.0 Å². The second kappa shape index (κ2) is 7.13. The van der Waals surface area contributed by atoms with Gasteiger partial charge in [0.1, 0.15) is 0 Å². The van der Waals surface area contributed by atoms with Gasteiger partial charge in [0.15, 0.2) is 0 Å². The molecule has 2 aromatic rings. The summed E-state index contributed by atoms with van der Waals surface area (Å²) in [5.74, 6) is 0.308. The molecule has 1 amide bonds. The number of nitrogens with one attached hydrogen (secondary N) is 1. The minimum absolute atomic E-state index is 0.0111. The zero-order chi connectivity index (χ0) is 18.9. The smallest absolute Gasteiger partial charge is 0.369 e. The number of halogens is 3. The molecule has 2 unspecified atom stereocenters. The van der Waals surface area contributed by atoms with Gasteiger partial charge in [-0.3, -0.25) is 9.78 Å². The lowest BCUT2D eigenvalue weighted by Gasteiger charge is -2.38. The number of hydrogen-bond donors (Lipinski definition) is 1. The summed E-state index contributed by atoms with van der Waals surface area (Å²) >= 11 is 0. The number of amides is 1. The van der Waals surface area contributed by atoms with Crippen LogP contribution < -0.4 is 10.2 Å². The molecule has 2 atom stereocenters. The van der Waals surface area contributed by atoms with Crippen LogP contribution in [-0.4, -0.2) is 30.0 Å². The first kappa shape index (κ1) is 18.5. The quantitative estimate of drug-likeness (QED) is 0.894. The summed E-state index contributed by atoms with van der Waals surface area (Å²) in [5, 5.41) is 3.49. The van der Waals surface area contributed by atoms with E-state index in [0.29, 0.717) is 24.3 Å². The van der Waals surface area contributed by atoms with Crippen LogP contribution in [0.15, 0.2) is 30.5 Å². The number of carbonyl (C=O) groups is 1. The Kier molecular flexibility index (Phi) is 5.07. The molecule has 1 aliphatic rings. The maximum Gasteiger partial charge on any atom is 0.418 e. The summed E-state index contributed by atoms with van der Waals surface area (Å²) in [4.78, 5) is 17.8. The third-order valence-electron chi connectivity index (χ3n) is 4.74. The Morgan fingerprint density at radius 1 is 1.31 bits per heavy atom. The SMILES string of the molecule is CCC(=O)NC1CC(C)CN(c2ccc(C(F)(F)F)c3ncccc23)C1. The summed E-state index contributed by atoms with van der Waals surface area (Å²) < 4.78 is 39.9. The van der Waals surface area contributed by atoms with Gasteiger partial charge in [-0.2, -0.15) is 13.2 Å². The highest BCUT2D eigenvalue weighted by Crippen LogP contribution is 2.38. The molecule has 1 N–H and O–H groups in total. The van der Waals surface area contributed by atoms with Crippen molar-refractivity contribution in [3.8, 4) is 0 Å². The summed E-state index contributed by atoms with van der Waals surface area (Å²) in [7, 11) is 0. The predicted molar refractivity (Wildman–Crippen MR) is 95.0 cm³/mol. The molecule has 4 nitrogen and oxygen atoms in total. The first-order valence-electron chi connectivity index (χ1n) is 8.78. The van der Waals surface area contributed by atoms with Crippen LogP contribution in [0.25, 0.3) is 10.9 Å². The standard InChI is InChI=1S/C19H22F3N3O/c1-3-17(26)24-13-9-12(2)10-25(11-13)16-7-6-15(19(20,21)22)18-14(16)5-4-8-23-18/h4-8,12-13H,3,9-11H2,1-2H3,(H,24,26). The van der Waals surface area contributed by atoms with Crippen LogP contribution in [0.4, 0.5) is 18.9 Å². The molecule has 0 radical (unpaired) electrons. The first-order chi connectivity index (χ1) is 12.3. The van der Waals surface area contributed by atoms with Crippen molar-refractivity contribution in [2.75, 3.05) is 18.0 Å². The van der Waals surface area contributed by atoms with Gasteiger partial charge in [0.05, 0.1) is 11.1 Å². The fraction of sp³-hybridized carbons (Fsp3) is 0.474. The Bertz CT molecular complexity index is 806. The van der Waals surface area contributed by atoms with E-state index in [9.17, 15) is 18.0 Å². The molecule has 1 saturated heterocycles. The van der Waals surface area contributed by atoms with Crippen LogP contribution in [-0.2, 0) is 11.0 Å². The number of nitrogens with zero attached hydrogens (tertiary/aromatic N) is 2. The third-order valence-corrected chi connectivity index (χ3v) is 4.74. The largest absolute Gasteiger partial charge is 0.418 e. The van der Waals surface area contributed by atoms with Crippen molar-refractivity contribution >= 4 is 22.5 Å². The van der Waals surface area contributed by atoms with Gasteiger partial charge in [-0.25, -0.2) is 0 Å². The minimum atomic E-state index is -4.45. The van der Waals surface area contributed by atoms with Crippen molar-refractivity contribution in [1.29, 1.82) is 0 Å². The Hall–Kier alpha value is -2.31. The molecule has 7 heteroatoms. The maximum atomic E-state index is 13.3. The normalized spacial score (nSPS) is 21.0. The highest BCUT2D eigenvalue weighted by Gasteiger charge is 2.34. The topological polar surface area (TPSA) is 45.2 Å². The van der Waals surface area contributed by atoms with Gasteiger partial charge in [0, 0.05) is 42.8 Å². The maximum absolute atomic E-state index is 13.3. The van der Waals surface area contributed by atoms with Crippen LogP contribution in [0, 0.1) is 5.92 Å². The molecule has 26 heavy (non-hydrogen) atoms. The van der Waals surface area contributed by atoms with Crippen LogP contribution in [0.2, 0.25) is 0 Å². The van der Waals surface area contributed by atoms with E-state index in [1.165, 1.54) is 12.3 Å². The first-order valence-corrected chi connectivity index (χ1v) is 8.78.